The van der Waals surface area contributed by atoms with Crippen molar-refractivity contribution in [3.8, 4) is 17.6 Å². The Bertz CT molecular complexity index is 1210. The van der Waals surface area contributed by atoms with E-state index in [2.05, 4.69) is 5.32 Å². The number of para-hydroxylation sites is 1. The zero-order valence-electron chi connectivity index (χ0n) is 19.6. The van der Waals surface area contributed by atoms with E-state index in [9.17, 15) is 23.2 Å². The molecule has 0 amide bonds. The number of carbonyl (C=O) groups is 1. The summed E-state index contributed by atoms with van der Waals surface area (Å²) in [6, 6.07) is 20.2. The molecule has 5 nitrogen and oxygen atoms in total. The first-order valence-corrected chi connectivity index (χ1v) is 11.5. The highest BCUT2D eigenvalue weighted by molar-refractivity contribution is 6.33. The Balaban J connectivity index is 1.63. The van der Waals surface area contributed by atoms with Crippen LogP contribution in [0, 0.1) is 17.2 Å². The molecule has 0 spiro atoms. The molecule has 188 valence electrons. The fourth-order valence-corrected chi connectivity index (χ4v) is 3.52. The Morgan fingerprint density at radius 2 is 1.67 bits per heavy atom. The van der Waals surface area contributed by atoms with Gasteiger partial charge >= 0.3 is 12.1 Å². The summed E-state index contributed by atoms with van der Waals surface area (Å²) in [7, 11) is 0. The Labute approximate surface area is 212 Å². The van der Waals surface area contributed by atoms with Crippen molar-refractivity contribution in [2.24, 2.45) is 5.92 Å². The summed E-state index contributed by atoms with van der Waals surface area (Å²) in [6.07, 6.45) is -4.51. The van der Waals surface area contributed by atoms with Crippen LogP contribution < -0.4 is 10.1 Å². The molecule has 0 aliphatic rings. The van der Waals surface area contributed by atoms with Gasteiger partial charge < -0.3 is 14.8 Å². The number of ether oxygens (including phenoxy) is 2. The Kier molecular flexibility index (Phi) is 8.83. The van der Waals surface area contributed by atoms with E-state index in [0.717, 1.165) is 12.1 Å². The lowest BCUT2D eigenvalue weighted by atomic mass is 10.0. The maximum absolute atomic E-state index is 12.9. The van der Waals surface area contributed by atoms with Crippen LogP contribution in [0.5, 0.6) is 11.5 Å². The zero-order chi connectivity index (χ0) is 26.3. The third-order valence-corrected chi connectivity index (χ3v) is 5.72. The van der Waals surface area contributed by atoms with E-state index < -0.39 is 29.7 Å². The molecule has 0 heterocycles. The number of carbonyl (C=O) groups excluding carboxylic acids is 1. The van der Waals surface area contributed by atoms with Crippen LogP contribution >= 0.6 is 11.6 Å². The van der Waals surface area contributed by atoms with E-state index in [1.165, 1.54) is 6.07 Å². The number of hydrogen-bond acceptors (Lipinski definition) is 5. The smallest absolute Gasteiger partial charge is 0.416 e. The summed E-state index contributed by atoms with van der Waals surface area (Å²) in [6.45, 7) is 3.61. The quantitative estimate of drug-likeness (QED) is 0.299. The monoisotopic (exact) mass is 516 g/mol. The lowest BCUT2D eigenvalue weighted by Crippen LogP contribution is -2.33. The van der Waals surface area contributed by atoms with Crippen LogP contribution in [0.4, 0.5) is 18.9 Å². The standard InChI is InChI=1S/C27H24ClF3N2O3/c1-17(2)25(33-24-13-10-19(14-23(24)28)27(29,30)31)16-35-26(34)22(15-32)18-8-11-21(12-9-18)36-20-6-4-3-5-7-20/h3-14,17,22,25,33H,16H2,1-2H3/t22-,25-/m1/s1. The lowest BCUT2D eigenvalue weighted by molar-refractivity contribution is -0.144. The summed E-state index contributed by atoms with van der Waals surface area (Å²) in [5, 5.41) is 12.5. The molecule has 3 rings (SSSR count). The molecule has 0 bridgehead atoms. The second-order valence-electron chi connectivity index (χ2n) is 8.36. The SMILES string of the molecule is CC(C)[C@@H](COC(=O)[C@H](C#N)c1ccc(Oc2ccccc2)cc1)Nc1ccc(C(F)(F)F)cc1Cl. The maximum Gasteiger partial charge on any atom is 0.416 e. The summed E-state index contributed by atoms with van der Waals surface area (Å²) in [4.78, 5) is 12.7. The predicted octanol–water partition coefficient (Wildman–Crippen LogP) is 7.44. The highest BCUT2D eigenvalue weighted by Gasteiger charge is 2.31. The number of nitriles is 1. The molecule has 0 fully saturated rings. The topological polar surface area (TPSA) is 71.4 Å². The third kappa shape index (κ3) is 7.15. The number of halogens is 4. The van der Waals surface area contributed by atoms with Gasteiger partial charge in [-0.15, -0.1) is 0 Å². The van der Waals surface area contributed by atoms with Gasteiger partial charge in [0.15, 0.2) is 5.92 Å². The highest BCUT2D eigenvalue weighted by Crippen LogP contribution is 2.34. The van der Waals surface area contributed by atoms with E-state index in [-0.39, 0.29) is 23.2 Å². The number of nitrogens with zero attached hydrogens (tertiary/aromatic N) is 1. The van der Waals surface area contributed by atoms with Gasteiger partial charge in [-0.3, -0.25) is 4.79 Å². The Morgan fingerprint density at radius 3 is 2.22 bits per heavy atom. The minimum atomic E-state index is -4.51. The average molecular weight is 517 g/mol. The van der Waals surface area contributed by atoms with Crippen molar-refractivity contribution in [3.05, 3.63) is 88.9 Å². The molecule has 0 aromatic heterocycles. The molecular weight excluding hydrogens is 493 g/mol. The third-order valence-electron chi connectivity index (χ3n) is 5.40. The van der Waals surface area contributed by atoms with E-state index in [0.29, 0.717) is 17.1 Å². The number of benzene rings is 3. The van der Waals surface area contributed by atoms with Gasteiger partial charge in [-0.2, -0.15) is 18.4 Å². The molecule has 0 aliphatic heterocycles. The molecule has 36 heavy (non-hydrogen) atoms. The normalized spacial score (nSPS) is 12.9. The number of hydrogen-bond donors (Lipinski definition) is 1. The zero-order valence-corrected chi connectivity index (χ0v) is 20.3. The fourth-order valence-electron chi connectivity index (χ4n) is 3.28. The van der Waals surface area contributed by atoms with Gasteiger partial charge in [0, 0.05) is 0 Å². The van der Waals surface area contributed by atoms with Crippen molar-refractivity contribution in [1.82, 2.24) is 0 Å². The van der Waals surface area contributed by atoms with Gasteiger partial charge in [0.25, 0.3) is 0 Å². The van der Waals surface area contributed by atoms with Crippen molar-refractivity contribution in [1.29, 1.82) is 5.26 Å². The molecule has 0 unspecified atom stereocenters. The van der Waals surface area contributed by atoms with Crippen molar-refractivity contribution in [2.75, 3.05) is 11.9 Å². The Morgan fingerprint density at radius 1 is 1.03 bits per heavy atom. The first-order valence-electron chi connectivity index (χ1n) is 11.1. The number of alkyl halides is 3. The molecule has 9 heteroatoms. The minimum absolute atomic E-state index is 0.0638. The Hall–Kier alpha value is -3.70. The molecule has 1 N–H and O–H groups in total. The summed E-state index contributed by atoms with van der Waals surface area (Å²) >= 11 is 6.04. The van der Waals surface area contributed by atoms with Crippen LogP contribution in [0.1, 0.15) is 30.9 Å². The first kappa shape index (κ1) is 26.9. The van der Waals surface area contributed by atoms with Crippen LogP contribution in [0.25, 0.3) is 0 Å². The van der Waals surface area contributed by atoms with Gasteiger partial charge in [0.05, 0.1) is 28.4 Å². The molecule has 3 aromatic rings. The molecule has 2 atom stereocenters. The van der Waals surface area contributed by atoms with Gasteiger partial charge in [-0.25, -0.2) is 0 Å². The van der Waals surface area contributed by atoms with Gasteiger partial charge in [0.1, 0.15) is 18.1 Å². The number of nitrogens with one attached hydrogen (secondary N) is 1. The van der Waals surface area contributed by atoms with E-state index in [1.807, 2.05) is 38.1 Å². The van der Waals surface area contributed by atoms with Gasteiger partial charge in [-0.05, 0) is 53.9 Å². The summed E-state index contributed by atoms with van der Waals surface area (Å²) in [5.74, 6) is -0.751. The number of rotatable bonds is 9. The van der Waals surface area contributed by atoms with Crippen LogP contribution in [-0.4, -0.2) is 18.6 Å². The lowest BCUT2D eigenvalue weighted by Gasteiger charge is -2.24. The van der Waals surface area contributed by atoms with Gasteiger partial charge in [0.2, 0.25) is 0 Å². The second kappa shape index (κ2) is 11.8. The fraction of sp³-hybridized carbons (Fsp3) is 0.259. The molecule has 0 saturated carbocycles. The van der Waals surface area contributed by atoms with Crippen LogP contribution in [-0.2, 0) is 15.7 Å². The van der Waals surface area contributed by atoms with Gasteiger partial charge in [-0.1, -0.05) is 55.8 Å². The van der Waals surface area contributed by atoms with Crippen LogP contribution in [0.2, 0.25) is 5.02 Å². The highest BCUT2D eigenvalue weighted by atomic mass is 35.5. The van der Waals surface area contributed by atoms with Crippen molar-refractivity contribution < 1.29 is 27.4 Å². The summed E-state index contributed by atoms with van der Waals surface area (Å²) < 4.78 is 49.8. The van der Waals surface area contributed by atoms with Crippen molar-refractivity contribution in [3.63, 3.8) is 0 Å². The molecule has 0 radical (unpaired) electrons. The van der Waals surface area contributed by atoms with Crippen LogP contribution in [0.3, 0.4) is 0 Å². The van der Waals surface area contributed by atoms with Crippen molar-refractivity contribution in [2.45, 2.75) is 32.0 Å². The van der Waals surface area contributed by atoms with E-state index in [4.69, 9.17) is 21.1 Å². The molecular formula is C27H24ClF3N2O3. The van der Waals surface area contributed by atoms with Crippen molar-refractivity contribution >= 4 is 23.3 Å². The predicted molar refractivity (Wildman–Crippen MR) is 131 cm³/mol. The summed E-state index contributed by atoms with van der Waals surface area (Å²) in [5.41, 5.74) is -0.129. The molecule has 0 saturated heterocycles. The average Bonchev–Trinajstić information content (AvgIpc) is 2.84. The first-order chi connectivity index (χ1) is 17.1. The molecule has 0 aliphatic carbocycles. The van der Waals surface area contributed by atoms with Crippen LogP contribution in [0.15, 0.2) is 72.8 Å². The van der Waals surface area contributed by atoms with E-state index in [1.54, 1.807) is 36.4 Å². The number of anilines is 1. The minimum Gasteiger partial charge on any atom is -0.462 e. The van der Waals surface area contributed by atoms with E-state index >= 15 is 0 Å². The maximum atomic E-state index is 12.9. The largest absolute Gasteiger partial charge is 0.462 e. The number of esters is 1. The molecule has 3 aromatic carbocycles. The second-order valence-corrected chi connectivity index (χ2v) is 8.77.